The van der Waals surface area contributed by atoms with Crippen molar-refractivity contribution in [1.82, 2.24) is 4.98 Å². The van der Waals surface area contributed by atoms with Gasteiger partial charge in [0.2, 0.25) is 0 Å². The molecule has 1 aliphatic rings. The van der Waals surface area contributed by atoms with Gasteiger partial charge in [0.15, 0.2) is 5.78 Å². The first-order valence-electron chi connectivity index (χ1n) is 8.13. The van der Waals surface area contributed by atoms with Crippen molar-refractivity contribution in [2.75, 3.05) is 7.11 Å². The third-order valence-corrected chi connectivity index (χ3v) is 5.09. The number of carbonyl (C=O) groups excluding carboxylic acids is 1. The number of benzene rings is 1. The molecule has 25 heavy (non-hydrogen) atoms. The number of aryl methyl sites for hydroxylation is 2. The maximum absolute atomic E-state index is 13.1. The van der Waals surface area contributed by atoms with Gasteiger partial charge in [-0.25, -0.2) is 0 Å². The topological polar surface area (TPSA) is 59.4 Å². The molecular weight excluding hydrogens is 382 g/mol. The van der Waals surface area contributed by atoms with Crippen LogP contribution in [0.25, 0.3) is 5.57 Å². The number of ketones is 1. The highest BCUT2D eigenvalue weighted by atomic mass is 79.9. The minimum atomic E-state index is -0.270. The Morgan fingerprint density at radius 1 is 1.32 bits per heavy atom. The number of nitrogens with zero attached hydrogens (tertiary/aromatic N) is 1. The van der Waals surface area contributed by atoms with Crippen LogP contribution < -0.4 is 0 Å². The summed E-state index contributed by atoms with van der Waals surface area (Å²) in [5.74, 6) is 0.612. The zero-order valence-corrected chi connectivity index (χ0v) is 16.1. The molecule has 1 heterocycles. The monoisotopic (exact) mass is 401 g/mol. The lowest BCUT2D eigenvalue weighted by atomic mass is 9.91. The summed E-state index contributed by atoms with van der Waals surface area (Å²) in [7, 11) is 1.60. The zero-order chi connectivity index (χ0) is 18.1. The van der Waals surface area contributed by atoms with Crippen LogP contribution in [-0.2, 0) is 16.0 Å². The average molecular weight is 402 g/mol. The van der Waals surface area contributed by atoms with Crippen LogP contribution in [-0.4, -0.2) is 23.0 Å². The largest absolute Gasteiger partial charge is 0.506 e. The Morgan fingerprint density at radius 2 is 2.00 bits per heavy atom. The molecule has 1 aliphatic carbocycles. The predicted octanol–water partition coefficient (Wildman–Crippen LogP) is 4.36. The van der Waals surface area contributed by atoms with Gasteiger partial charge in [-0.05, 0) is 54.8 Å². The smallest absolute Gasteiger partial charge is 0.170 e. The molecule has 0 saturated heterocycles. The molecule has 1 aromatic carbocycles. The van der Waals surface area contributed by atoms with E-state index in [4.69, 9.17) is 4.74 Å². The third kappa shape index (κ3) is 3.33. The van der Waals surface area contributed by atoms with E-state index in [-0.39, 0.29) is 17.5 Å². The summed E-state index contributed by atoms with van der Waals surface area (Å²) >= 11 is 3.50. The molecule has 1 unspecified atom stereocenters. The maximum atomic E-state index is 13.1. The Labute approximate surface area is 155 Å². The molecule has 0 bridgehead atoms. The normalized spacial score (nSPS) is 17.3. The molecule has 1 atom stereocenters. The van der Waals surface area contributed by atoms with E-state index in [1.165, 1.54) is 0 Å². The fourth-order valence-corrected chi connectivity index (χ4v) is 4.18. The number of rotatable bonds is 4. The number of pyridine rings is 1. The van der Waals surface area contributed by atoms with Gasteiger partial charge < -0.3 is 9.84 Å². The summed E-state index contributed by atoms with van der Waals surface area (Å²) < 4.78 is 6.54. The van der Waals surface area contributed by atoms with Gasteiger partial charge >= 0.3 is 0 Å². The van der Waals surface area contributed by atoms with Crippen LogP contribution in [0, 0.1) is 19.8 Å². The second-order valence-corrected chi connectivity index (χ2v) is 7.27. The van der Waals surface area contributed by atoms with Crippen LogP contribution in [0.1, 0.15) is 28.8 Å². The minimum absolute atomic E-state index is 0.0513. The number of hydrogen-bond acceptors (Lipinski definition) is 4. The second kappa shape index (κ2) is 7.00. The van der Waals surface area contributed by atoms with E-state index in [0.717, 1.165) is 21.2 Å². The molecule has 0 fully saturated rings. The van der Waals surface area contributed by atoms with Gasteiger partial charge in [0.1, 0.15) is 11.5 Å². The van der Waals surface area contributed by atoms with Gasteiger partial charge in [-0.2, -0.15) is 0 Å². The molecule has 0 radical (unpaired) electrons. The number of aromatic nitrogens is 1. The summed E-state index contributed by atoms with van der Waals surface area (Å²) in [4.78, 5) is 17.3. The summed E-state index contributed by atoms with van der Waals surface area (Å²) in [6, 6.07) is 7.28. The van der Waals surface area contributed by atoms with Crippen molar-refractivity contribution >= 4 is 27.3 Å². The second-order valence-electron chi connectivity index (χ2n) is 6.36. The SMILES string of the molecule is COC1=C(c2c(C)cc(Br)cc2C)C(=O)C(Cc2ncccc2O)C1. The van der Waals surface area contributed by atoms with Gasteiger partial charge in [0.25, 0.3) is 0 Å². The predicted molar refractivity (Wildman–Crippen MR) is 100 cm³/mol. The molecule has 0 aliphatic heterocycles. The number of carbonyl (C=O) groups is 1. The molecule has 5 heteroatoms. The standard InChI is InChI=1S/C20H20BrNO3/c1-11-7-14(21)8-12(2)18(11)19-17(25-3)10-13(20(19)24)9-15-16(23)5-4-6-22-15/h4-8,13,23H,9-10H2,1-3H3. The van der Waals surface area contributed by atoms with E-state index in [2.05, 4.69) is 20.9 Å². The summed E-state index contributed by atoms with van der Waals surface area (Å²) in [5.41, 5.74) is 4.21. The number of aromatic hydroxyl groups is 1. The van der Waals surface area contributed by atoms with Crippen molar-refractivity contribution in [3.05, 3.63) is 63.1 Å². The Kier molecular flexibility index (Phi) is 4.95. The molecule has 1 aromatic heterocycles. The van der Waals surface area contributed by atoms with Gasteiger partial charge in [-0.1, -0.05) is 15.9 Å². The number of allylic oxidation sites excluding steroid dienone is 2. The first kappa shape index (κ1) is 17.7. The number of halogens is 1. The molecule has 3 rings (SSSR count). The van der Waals surface area contributed by atoms with Crippen LogP contribution in [0.4, 0.5) is 0 Å². The third-order valence-electron chi connectivity index (χ3n) is 4.63. The quantitative estimate of drug-likeness (QED) is 0.826. The van der Waals surface area contributed by atoms with Crippen LogP contribution in [0.15, 0.2) is 40.7 Å². The van der Waals surface area contributed by atoms with Crippen molar-refractivity contribution in [2.24, 2.45) is 5.92 Å². The van der Waals surface area contributed by atoms with Gasteiger partial charge in [-0.3, -0.25) is 9.78 Å². The Morgan fingerprint density at radius 3 is 2.60 bits per heavy atom. The summed E-state index contributed by atoms with van der Waals surface area (Å²) in [6.07, 6.45) is 2.55. The average Bonchev–Trinajstić information content (AvgIpc) is 2.85. The van der Waals surface area contributed by atoms with E-state index >= 15 is 0 Å². The van der Waals surface area contributed by atoms with Crippen molar-refractivity contribution in [1.29, 1.82) is 0 Å². The van der Waals surface area contributed by atoms with Crippen LogP contribution >= 0.6 is 15.9 Å². The fraction of sp³-hybridized carbons (Fsp3) is 0.300. The molecule has 130 valence electrons. The number of hydrogen-bond donors (Lipinski definition) is 1. The number of Topliss-reactive ketones (excluding diaryl/α,β-unsaturated/α-hetero) is 1. The number of ether oxygens (including phenoxy) is 1. The van der Waals surface area contributed by atoms with Crippen molar-refractivity contribution in [3.63, 3.8) is 0 Å². The van der Waals surface area contributed by atoms with Crippen LogP contribution in [0.2, 0.25) is 0 Å². The molecule has 0 amide bonds. The first-order valence-corrected chi connectivity index (χ1v) is 8.93. The molecule has 2 aromatic rings. The zero-order valence-electron chi connectivity index (χ0n) is 14.5. The summed E-state index contributed by atoms with van der Waals surface area (Å²) in [5, 5.41) is 9.96. The first-order chi connectivity index (χ1) is 11.9. The van der Waals surface area contributed by atoms with E-state index in [0.29, 0.717) is 29.9 Å². The van der Waals surface area contributed by atoms with Crippen molar-refractivity contribution < 1.29 is 14.6 Å². The number of methoxy groups -OCH3 is 1. The molecular formula is C20H20BrNO3. The lowest BCUT2D eigenvalue weighted by Crippen LogP contribution is -2.14. The van der Waals surface area contributed by atoms with E-state index in [9.17, 15) is 9.90 Å². The van der Waals surface area contributed by atoms with E-state index < -0.39 is 0 Å². The van der Waals surface area contributed by atoms with E-state index in [1.807, 2.05) is 26.0 Å². The van der Waals surface area contributed by atoms with Gasteiger partial charge in [0, 0.05) is 29.4 Å². The van der Waals surface area contributed by atoms with Gasteiger partial charge in [0.05, 0.1) is 18.4 Å². The minimum Gasteiger partial charge on any atom is -0.506 e. The van der Waals surface area contributed by atoms with Crippen molar-refractivity contribution in [3.8, 4) is 5.75 Å². The molecule has 0 spiro atoms. The highest BCUT2D eigenvalue weighted by Gasteiger charge is 2.36. The Balaban J connectivity index is 1.98. The fourth-order valence-electron chi connectivity index (χ4n) is 3.50. The highest BCUT2D eigenvalue weighted by Crippen LogP contribution is 2.40. The van der Waals surface area contributed by atoms with Crippen LogP contribution in [0.3, 0.4) is 0 Å². The highest BCUT2D eigenvalue weighted by molar-refractivity contribution is 9.10. The molecule has 4 nitrogen and oxygen atoms in total. The van der Waals surface area contributed by atoms with Gasteiger partial charge in [-0.15, -0.1) is 0 Å². The molecule has 0 saturated carbocycles. The van der Waals surface area contributed by atoms with Crippen LogP contribution in [0.5, 0.6) is 5.75 Å². The van der Waals surface area contributed by atoms with E-state index in [1.54, 1.807) is 25.4 Å². The Bertz CT molecular complexity index is 850. The molecule has 1 N–H and O–H groups in total. The Hall–Kier alpha value is -2.14. The summed E-state index contributed by atoms with van der Waals surface area (Å²) in [6.45, 7) is 4.00. The maximum Gasteiger partial charge on any atom is 0.170 e. The lowest BCUT2D eigenvalue weighted by molar-refractivity contribution is -0.116. The van der Waals surface area contributed by atoms with Crippen molar-refractivity contribution in [2.45, 2.75) is 26.7 Å². The lowest BCUT2D eigenvalue weighted by Gasteiger charge is -2.13.